The fraction of sp³-hybridized carbons (Fsp3) is 0.286. The summed E-state index contributed by atoms with van der Waals surface area (Å²) in [5.74, 6) is -0.0311. The van der Waals surface area contributed by atoms with Crippen molar-refractivity contribution in [3.8, 4) is 0 Å². The van der Waals surface area contributed by atoms with Gasteiger partial charge in [-0.3, -0.25) is 14.2 Å². The minimum Gasteiger partial charge on any atom is -0.335 e. The lowest BCUT2D eigenvalue weighted by atomic mass is 10.0. The van der Waals surface area contributed by atoms with Crippen LogP contribution in [-0.2, 0) is 13.5 Å². The van der Waals surface area contributed by atoms with Crippen LogP contribution in [0.15, 0.2) is 47.3 Å². The molecule has 3 aromatic rings. The van der Waals surface area contributed by atoms with Crippen molar-refractivity contribution in [3.63, 3.8) is 0 Å². The molecule has 0 bridgehead atoms. The molecular weight excluding hydrogens is 394 g/mol. The van der Waals surface area contributed by atoms with Gasteiger partial charge in [0.1, 0.15) is 0 Å². The number of aromatic amines is 1. The highest BCUT2D eigenvalue weighted by atomic mass is 35.5. The molecule has 1 aromatic heterocycles. The number of nitrogens with zero attached hydrogens (tertiary/aromatic N) is 2. The molecule has 2 heterocycles. The van der Waals surface area contributed by atoms with Gasteiger partial charge in [-0.1, -0.05) is 29.8 Å². The van der Waals surface area contributed by atoms with Crippen LogP contribution in [0.1, 0.15) is 28.8 Å². The van der Waals surface area contributed by atoms with E-state index in [4.69, 9.17) is 23.8 Å². The summed E-state index contributed by atoms with van der Waals surface area (Å²) in [6.45, 7) is 0.721. The maximum Gasteiger partial charge on any atom is 0.261 e. The van der Waals surface area contributed by atoms with Crippen LogP contribution in [0.3, 0.4) is 0 Å². The minimum atomic E-state index is -0.171. The monoisotopic (exact) mass is 413 g/mol. The summed E-state index contributed by atoms with van der Waals surface area (Å²) in [5, 5.41) is 1.25. The molecule has 0 radical (unpaired) electrons. The van der Waals surface area contributed by atoms with Crippen LogP contribution in [0, 0.1) is 4.77 Å². The van der Waals surface area contributed by atoms with Crippen molar-refractivity contribution in [2.45, 2.75) is 25.3 Å². The number of carbonyl (C=O) groups excluding carboxylic acids is 1. The van der Waals surface area contributed by atoms with E-state index < -0.39 is 0 Å². The smallest absolute Gasteiger partial charge is 0.261 e. The van der Waals surface area contributed by atoms with Gasteiger partial charge in [-0.2, -0.15) is 0 Å². The zero-order valence-corrected chi connectivity index (χ0v) is 17.0. The van der Waals surface area contributed by atoms with Gasteiger partial charge in [0.15, 0.2) is 4.77 Å². The first kappa shape index (κ1) is 18.9. The molecule has 4 rings (SSSR count). The maximum atomic E-state index is 13.2. The Morgan fingerprint density at radius 1 is 1.29 bits per heavy atom. The molecule has 0 aliphatic carbocycles. The van der Waals surface area contributed by atoms with Crippen molar-refractivity contribution in [2.75, 3.05) is 6.54 Å². The summed E-state index contributed by atoms with van der Waals surface area (Å²) in [6, 6.07) is 13.0. The van der Waals surface area contributed by atoms with E-state index in [0.29, 0.717) is 21.2 Å². The van der Waals surface area contributed by atoms with Gasteiger partial charge in [0.25, 0.3) is 11.5 Å². The van der Waals surface area contributed by atoms with Crippen molar-refractivity contribution < 1.29 is 4.79 Å². The largest absolute Gasteiger partial charge is 0.335 e. The number of amides is 1. The molecule has 28 heavy (non-hydrogen) atoms. The average molecular weight is 414 g/mol. The Kier molecular flexibility index (Phi) is 5.08. The Labute approximate surface area is 172 Å². The summed E-state index contributed by atoms with van der Waals surface area (Å²) >= 11 is 11.5. The number of carbonyl (C=O) groups is 1. The van der Waals surface area contributed by atoms with Crippen LogP contribution in [0.5, 0.6) is 0 Å². The SMILES string of the molecule is Cn1c(=S)[nH]c2cc(C(=O)N3CCCC3Cc3ccccc3Cl)ccc2c1=O. The average Bonchev–Trinajstić information content (AvgIpc) is 3.15. The Morgan fingerprint density at radius 2 is 2.07 bits per heavy atom. The van der Waals surface area contributed by atoms with Crippen LogP contribution in [0.25, 0.3) is 10.9 Å². The number of H-pyrrole nitrogens is 1. The third-order valence-corrected chi connectivity index (χ3v) is 6.14. The number of hydrogen-bond donors (Lipinski definition) is 1. The van der Waals surface area contributed by atoms with Gasteiger partial charge in [-0.05, 0) is 61.3 Å². The fourth-order valence-electron chi connectivity index (χ4n) is 3.84. The van der Waals surface area contributed by atoms with Gasteiger partial charge in [0, 0.05) is 30.2 Å². The molecule has 1 amide bonds. The normalized spacial score (nSPS) is 16.6. The third kappa shape index (κ3) is 3.38. The van der Waals surface area contributed by atoms with Gasteiger partial charge in [0.2, 0.25) is 0 Å². The van der Waals surface area contributed by atoms with E-state index in [-0.39, 0.29) is 17.5 Å². The van der Waals surface area contributed by atoms with Crippen molar-refractivity contribution in [3.05, 3.63) is 73.7 Å². The van der Waals surface area contributed by atoms with E-state index in [1.165, 1.54) is 4.57 Å². The molecule has 0 saturated carbocycles. The summed E-state index contributed by atoms with van der Waals surface area (Å²) in [6.07, 6.45) is 2.66. The van der Waals surface area contributed by atoms with Crippen LogP contribution < -0.4 is 5.56 Å². The van der Waals surface area contributed by atoms with Crippen molar-refractivity contribution >= 4 is 40.6 Å². The Hall–Kier alpha value is -2.44. The van der Waals surface area contributed by atoms with Crippen LogP contribution in [0.4, 0.5) is 0 Å². The second-order valence-electron chi connectivity index (χ2n) is 7.14. The molecule has 7 heteroatoms. The Morgan fingerprint density at radius 3 is 2.86 bits per heavy atom. The first-order chi connectivity index (χ1) is 13.5. The number of nitrogens with one attached hydrogen (secondary N) is 1. The van der Waals surface area contributed by atoms with E-state index in [9.17, 15) is 9.59 Å². The molecule has 144 valence electrons. The van der Waals surface area contributed by atoms with Crippen molar-refractivity contribution in [1.82, 2.24) is 14.5 Å². The third-order valence-electron chi connectivity index (χ3n) is 5.40. The number of rotatable bonds is 3. The highest BCUT2D eigenvalue weighted by Crippen LogP contribution is 2.26. The molecule has 1 fully saturated rings. The second-order valence-corrected chi connectivity index (χ2v) is 7.94. The predicted octanol–water partition coefficient (Wildman–Crippen LogP) is 4.10. The summed E-state index contributed by atoms with van der Waals surface area (Å²) in [7, 11) is 1.63. The molecule has 5 nitrogen and oxygen atoms in total. The maximum absolute atomic E-state index is 13.2. The Bertz CT molecular complexity index is 1180. The number of halogens is 1. The summed E-state index contributed by atoms with van der Waals surface area (Å²) in [5.41, 5.74) is 2.02. The van der Waals surface area contributed by atoms with Crippen LogP contribution in [0.2, 0.25) is 5.02 Å². The highest BCUT2D eigenvalue weighted by molar-refractivity contribution is 7.71. The number of aromatic nitrogens is 2. The van der Waals surface area contributed by atoms with E-state index in [2.05, 4.69) is 4.98 Å². The molecule has 1 saturated heterocycles. The van der Waals surface area contributed by atoms with Gasteiger partial charge in [-0.25, -0.2) is 0 Å². The summed E-state index contributed by atoms with van der Waals surface area (Å²) in [4.78, 5) is 30.5. The number of hydrogen-bond acceptors (Lipinski definition) is 3. The molecule has 1 N–H and O–H groups in total. The lowest BCUT2D eigenvalue weighted by Gasteiger charge is -2.25. The number of likely N-dealkylation sites (tertiary alicyclic amines) is 1. The zero-order chi connectivity index (χ0) is 19.8. The number of fused-ring (bicyclic) bond motifs is 1. The van der Waals surface area contributed by atoms with Crippen LogP contribution >= 0.6 is 23.8 Å². The van der Waals surface area contributed by atoms with E-state index in [1.807, 2.05) is 29.2 Å². The van der Waals surface area contributed by atoms with E-state index in [0.717, 1.165) is 36.4 Å². The molecule has 1 unspecified atom stereocenters. The van der Waals surface area contributed by atoms with Gasteiger partial charge < -0.3 is 9.88 Å². The molecule has 1 aliphatic heterocycles. The van der Waals surface area contributed by atoms with Crippen LogP contribution in [-0.4, -0.2) is 32.9 Å². The van der Waals surface area contributed by atoms with Gasteiger partial charge >= 0.3 is 0 Å². The van der Waals surface area contributed by atoms with E-state index >= 15 is 0 Å². The molecular formula is C21H20ClN3O2S. The summed E-state index contributed by atoms with van der Waals surface area (Å²) < 4.78 is 1.72. The lowest BCUT2D eigenvalue weighted by Crippen LogP contribution is -2.36. The molecule has 1 atom stereocenters. The predicted molar refractivity (Wildman–Crippen MR) is 114 cm³/mol. The first-order valence-electron chi connectivity index (χ1n) is 9.23. The standard InChI is InChI=1S/C21H20ClN3O2S/c1-24-20(27)16-9-8-14(12-18(16)23-21(24)28)19(26)25-10-4-6-15(25)11-13-5-2-3-7-17(13)22/h2-3,5,7-9,12,15H,4,6,10-11H2,1H3,(H,23,28). The fourth-order valence-corrected chi connectivity index (χ4v) is 4.24. The quantitative estimate of drug-likeness (QED) is 0.658. The van der Waals surface area contributed by atoms with Crippen molar-refractivity contribution in [2.24, 2.45) is 7.05 Å². The van der Waals surface area contributed by atoms with Gasteiger partial charge in [0.05, 0.1) is 10.9 Å². The topological polar surface area (TPSA) is 58.1 Å². The Balaban J connectivity index is 1.65. The molecule has 1 aliphatic rings. The first-order valence-corrected chi connectivity index (χ1v) is 10.0. The number of benzene rings is 2. The second kappa shape index (κ2) is 7.53. The minimum absolute atomic E-state index is 0.0311. The van der Waals surface area contributed by atoms with Crippen molar-refractivity contribution in [1.29, 1.82) is 0 Å². The van der Waals surface area contributed by atoms with E-state index in [1.54, 1.807) is 25.2 Å². The zero-order valence-electron chi connectivity index (χ0n) is 15.4. The highest BCUT2D eigenvalue weighted by Gasteiger charge is 2.30. The lowest BCUT2D eigenvalue weighted by molar-refractivity contribution is 0.0736. The molecule has 0 spiro atoms. The van der Waals surface area contributed by atoms with Gasteiger partial charge in [-0.15, -0.1) is 0 Å². The molecule has 2 aromatic carbocycles.